The Morgan fingerprint density at radius 1 is 0.418 bits per heavy atom. The van der Waals surface area contributed by atoms with Crippen LogP contribution in [0, 0.1) is 11.6 Å². The maximum atomic E-state index is 17.1. The molecule has 0 saturated carbocycles. The number of hydrogen-bond acceptors (Lipinski definition) is 2. The minimum atomic E-state index is -0.639. The molecule has 2 aliphatic heterocycles. The van der Waals surface area contributed by atoms with E-state index in [2.05, 4.69) is 161 Å². The first-order valence-electron chi connectivity index (χ1n) is 22.8. The zero-order valence-electron chi connectivity index (χ0n) is 35.6. The number of benzene rings is 10. The third-order valence-corrected chi connectivity index (χ3v) is 14.9. The third kappa shape index (κ3) is 4.42. The zero-order chi connectivity index (χ0) is 43.8. The SMILES string of the molecule is Fc1cccc(F)c1N1c2cc3c(oc4ccccc43)c3c2B(c2c1cc1c4ccccc4n4c5ccccc5c2c14)n1c2ccc(-c4ccccc4)cc2c2cc(-c4ccccc4)cc-3c21. The lowest BCUT2D eigenvalue weighted by Crippen LogP contribution is -2.57. The standard InChI is InChI=1S/C60H32BF2N3O/c62-45-21-13-22-46(63)59(45)65-50-31-42-37-18-7-10-23-47(37)64-48-24-11-8-20-39(48)53(58(42)64)55(50)61-56-51(65)32-43-38-19-9-12-25-52(38)67-60(43)54(56)44-30-36(34-16-5-2-6-17-34)29-41-40-28-35(33-14-3-1-4-15-33)26-27-49(40)66(61)57(41)44/h1-32H. The van der Waals surface area contributed by atoms with Gasteiger partial charge < -0.3 is 18.2 Å². The van der Waals surface area contributed by atoms with Gasteiger partial charge in [-0.2, -0.15) is 0 Å². The van der Waals surface area contributed by atoms with Crippen molar-refractivity contribution in [1.82, 2.24) is 8.88 Å². The second-order valence-corrected chi connectivity index (χ2v) is 18.2. The first-order chi connectivity index (χ1) is 33.1. The van der Waals surface area contributed by atoms with Gasteiger partial charge in [0.2, 0.25) is 0 Å². The highest BCUT2D eigenvalue weighted by Gasteiger charge is 2.47. The molecule has 6 heterocycles. The fourth-order valence-electron chi connectivity index (χ4n) is 12.3. The summed E-state index contributed by atoms with van der Waals surface area (Å²) in [5, 5.41) is 8.33. The van der Waals surface area contributed by atoms with Gasteiger partial charge in [0, 0.05) is 76.6 Å². The van der Waals surface area contributed by atoms with Crippen LogP contribution in [0.15, 0.2) is 199 Å². The average molecular weight is 860 g/mol. The van der Waals surface area contributed by atoms with Crippen LogP contribution in [-0.2, 0) is 0 Å². The fraction of sp³-hybridized carbons (Fsp3) is 0. The van der Waals surface area contributed by atoms with Crippen LogP contribution in [-0.4, -0.2) is 15.7 Å². The minimum absolute atomic E-state index is 0.114. The molecule has 0 radical (unpaired) electrons. The van der Waals surface area contributed by atoms with Gasteiger partial charge in [0.15, 0.2) is 0 Å². The average Bonchev–Trinajstić information content (AvgIpc) is 4.12. The number of para-hydroxylation sites is 4. The normalized spacial score (nSPS) is 13.2. The van der Waals surface area contributed by atoms with Crippen molar-refractivity contribution >= 4 is 117 Å². The second kappa shape index (κ2) is 12.6. The Balaban J connectivity index is 1.18. The Morgan fingerprint density at radius 2 is 1.03 bits per heavy atom. The van der Waals surface area contributed by atoms with E-state index in [0.717, 1.165) is 132 Å². The molecule has 7 heteroatoms. The Morgan fingerprint density at radius 3 is 1.81 bits per heavy atom. The third-order valence-electron chi connectivity index (χ3n) is 14.9. The van der Waals surface area contributed by atoms with Crippen molar-refractivity contribution < 1.29 is 13.2 Å². The maximum Gasteiger partial charge on any atom is 0.333 e. The number of fused-ring (bicyclic) bond motifs is 18. The lowest BCUT2D eigenvalue weighted by molar-refractivity contribution is 0.586. The number of aromatic nitrogens is 2. The van der Waals surface area contributed by atoms with E-state index < -0.39 is 18.5 Å². The molecule has 0 aliphatic carbocycles. The number of nitrogens with zero attached hydrogens (tertiary/aromatic N) is 3. The molecule has 0 atom stereocenters. The quantitative estimate of drug-likeness (QED) is 0.165. The van der Waals surface area contributed by atoms with Crippen LogP contribution >= 0.6 is 0 Å². The molecular weight excluding hydrogens is 827 g/mol. The van der Waals surface area contributed by atoms with Crippen LogP contribution in [0.1, 0.15) is 0 Å². The van der Waals surface area contributed by atoms with Gasteiger partial charge in [-0.05, 0) is 99.9 Å². The van der Waals surface area contributed by atoms with E-state index in [-0.39, 0.29) is 5.69 Å². The van der Waals surface area contributed by atoms with E-state index in [0.29, 0.717) is 5.69 Å². The summed E-state index contributed by atoms with van der Waals surface area (Å²) < 4.78 is 46.1. The van der Waals surface area contributed by atoms with E-state index >= 15 is 8.78 Å². The predicted octanol–water partition coefficient (Wildman–Crippen LogP) is 14.9. The van der Waals surface area contributed by atoms with Gasteiger partial charge in [-0.1, -0.05) is 127 Å². The van der Waals surface area contributed by atoms with Crippen molar-refractivity contribution in [2.75, 3.05) is 4.90 Å². The Hall–Kier alpha value is -8.68. The lowest BCUT2D eigenvalue weighted by Gasteiger charge is -2.41. The second-order valence-electron chi connectivity index (χ2n) is 18.2. The fourth-order valence-corrected chi connectivity index (χ4v) is 12.3. The maximum absolute atomic E-state index is 17.1. The molecule has 2 aliphatic rings. The van der Waals surface area contributed by atoms with Crippen LogP contribution in [0.25, 0.3) is 115 Å². The van der Waals surface area contributed by atoms with Crippen LogP contribution < -0.4 is 15.8 Å². The molecule has 4 aromatic heterocycles. The van der Waals surface area contributed by atoms with Gasteiger partial charge in [0.1, 0.15) is 28.5 Å². The summed E-state index contributed by atoms with van der Waals surface area (Å²) >= 11 is 0. The van der Waals surface area contributed by atoms with Crippen molar-refractivity contribution in [1.29, 1.82) is 0 Å². The summed E-state index contributed by atoms with van der Waals surface area (Å²) in [6.07, 6.45) is 0. The van der Waals surface area contributed by atoms with E-state index in [9.17, 15) is 0 Å². The summed E-state index contributed by atoms with van der Waals surface area (Å²) in [7, 11) is 0. The molecule has 10 aromatic carbocycles. The Labute approximate surface area is 381 Å². The Kier molecular flexibility index (Phi) is 6.68. The van der Waals surface area contributed by atoms with Crippen LogP contribution in [0.4, 0.5) is 25.8 Å². The smallest absolute Gasteiger partial charge is 0.333 e. The molecular formula is C60H32BF2N3O. The van der Waals surface area contributed by atoms with Gasteiger partial charge in [0.05, 0.1) is 16.6 Å². The number of furan rings is 1. The van der Waals surface area contributed by atoms with Crippen molar-refractivity contribution in [2.24, 2.45) is 0 Å². The van der Waals surface area contributed by atoms with E-state index in [1.54, 1.807) is 0 Å². The van der Waals surface area contributed by atoms with E-state index in [4.69, 9.17) is 4.42 Å². The summed E-state index contributed by atoms with van der Waals surface area (Å²) in [5.74, 6) is -1.28. The molecule has 0 spiro atoms. The van der Waals surface area contributed by atoms with Gasteiger partial charge in [-0.3, -0.25) is 0 Å². The highest BCUT2D eigenvalue weighted by atomic mass is 19.1. The van der Waals surface area contributed by atoms with E-state index in [1.165, 1.54) is 18.2 Å². The summed E-state index contributed by atoms with van der Waals surface area (Å²) in [5.41, 5.74) is 16.5. The highest BCUT2D eigenvalue weighted by Crippen LogP contribution is 2.53. The molecule has 14 aromatic rings. The van der Waals surface area contributed by atoms with Crippen LogP contribution in [0.3, 0.4) is 0 Å². The van der Waals surface area contributed by atoms with Crippen LogP contribution in [0.2, 0.25) is 0 Å². The minimum Gasteiger partial charge on any atom is -0.455 e. The molecule has 0 N–H and O–H groups in total. The summed E-state index contributed by atoms with van der Waals surface area (Å²) in [6.45, 7) is -0.446. The van der Waals surface area contributed by atoms with Crippen molar-refractivity contribution in [2.45, 2.75) is 0 Å². The van der Waals surface area contributed by atoms with Gasteiger partial charge in [-0.15, -0.1) is 0 Å². The summed E-state index contributed by atoms with van der Waals surface area (Å²) in [6, 6.07) is 66.3. The summed E-state index contributed by atoms with van der Waals surface area (Å²) in [4.78, 5) is 1.89. The number of anilines is 3. The Bertz CT molecular complexity index is 4470. The number of rotatable bonds is 3. The van der Waals surface area contributed by atoms with Gasteiger partial charge >= 0.3 is 6.85 Å². The predicted molar refractivity (Wildman–Crippen MR) is 273 cm³/mol. The highest BCUT2D eigenvalue weighted by molar-refractivity contribution is 6.92. The topological polar surface area (TPSA) is 25.7 Å². The molecule has 0 saturated heterocycles. The number of halogens is 2. The van der Waals surface area contributed by atoms with Crippen molar-refractivity contribution in [3.8, 4) is 33.4 Å². The van der Waals surface area contributed by atoms with E-state index in [1.807, 2.05) is 29.2 Å². The van der Waals surface area contributed by atoms with Crippen molar-refractivity contribution in [3.05, 3.63) is 206 Å². The van der Waals surface area contributed by atoms with Crippen molar-refractivity contribution in [3.63, 3.8) is 0 Å². The monoisotopic (exact) mass is 859 g/mol. The first kappa shape index (κ1) is 35.6. The molecule has 16 rings (SSSR count). The molecule has 67 heavy (non-hydrogen) atoms. The molecule has 4 nitrogen and oxygen atoms in total. The molecule has 0 fully saturated rings. The largest absolute Gasteiger partial charge is 0.455 e. The lowest BCUT2D eigenvalue weighted by atomic mass is 9.44. The van der Waals surface area contributed by atoms with Gasteiger partial charge in [-0.25, -0.2) is 8.78 Å². The zero-order valence-corrected chi connectivity index (χ0v) is 35.6. The molecule has 0 unspecified atom stereocenters. The molecule has 310 valence electrons. The molecule has 0 amide bonds. The molecule has 0 bridgehead atoms. The van der Waals surface area contributed by atoms with Gasteiger partial charge in [0.25, 0.3) is 0 Å². The van der Waals surface area contributed by atoms with Crippen LogP contribution in [0.5, 0.6) is 0 Å². The number of hydrogen-bond donors (Lipinski definition) is 0. The first-order valence-corrected chi connectivity index (χ1v) is 22.8.